The Labute approximate surface area is 195 Å². The van der Waals surface area contributed by atoms with Crippen LogP contribution in [0, 0.1) is 17.3 Å². The summed E-state index contributed by atoms with van der Waals surface area (Å²) >= 11 is 0. The van der Waals surface area contributed by atoms with Crippen molar-refractivity contribution in [2.24, 2.45) is 17.3 Å². The van der Waals surface area contributed by atoms with Crippen molar-refractivity contribution >= 4 is 11.9 Å². The first-order valence-electron chi connectivity index (χ1n) is 12.2. The quantitative estimate of drug-likeness (QED) is 0.690. The van der Waals surface area contributed by atoms with E-state index >= 15 is 0 Å². The van der Waals surface area contributed by atoms with E-state index in [9.17, 15) is 14.7 Å². The van der Waals surface area contributed by atoms with Crippen molar-refractivity contribution in [2.75, 3.05) is 39.8 Å². The molecule has 0 aromatic carbocycles. The fourth-order valence-electron chi connectivity index (χ4n) is 7.06. The summed E-state index contributed by atoms with van der Waals surface area (Å²) in [6.07, 6.45) is 5.30. The summed E-state index contributed by atoms with van der Waals surface area (Å²) in [5.41, 5.74) is -1.95. The summed E-state index contributed by atoms with van der Waals surface area (Å²) in [7, 11) is 1.69. The van der Waals surface area contributed by atoms with E-state index in [0.29, 0.717) is 51.3 Å². The van der Waals surface area contributed by atoms with Crippen LogP contribution in [0.4, 0.5) is 0 Å². The van der Waals surface area contributed by atoms with Gasteiger partial charge in [0.2, 0.25) is 0 Å². The Morgan fingerprint density at radius 2 is 1.97 bits per heavy atom. The Hall–Kier alpha value is -1.90. The van der Waals surface area contributed by atoms with Gasteiger partial charge in [-0.3, -0.25) is 14.5 Å². The standard InChI is InChI=1S/C25H36N2O6/c1-23-7-5-8-24(2,31-3)25(23,30)14-17-18(22(29)33-20(17)15-23)16-26-9-11-27(12-10-26)21(28)19-6-4-13-32-19/h4,6,13,17-18,20,30H,5,7-12,14-16H2,1-3H3/t17-,18+,20+,23+,24+,25+/m0/s1. The Balaban J connectivity index is 1.27. The fraction of sp³-hybridized carbons (Fsp3) is 0.760. The third-order valence-electron chi connectivity index (χ3n) is 9.30. The summed E-state index contributed by atoms with van der Waals surface area (Å²) in [5.74, 6) is -0.170. The molecular formula is C25H36N2O6. The highest BCUT2D eigenvalue weighted by molar-refractivity contribution is 5.91. The Morgan fingerprint density at radius 1 is 1.21 bits per heavy atom. The molecule has 182 valence electrons. The van der Waals surface area contributed by atoms with Crippen LogP contribution in [0.1, 0.15) is 56.5 Å². The summed E-state index contributed by atoms with van der Waals surface area (Å²) in [5, 5.41) is 12.1. The van der Waals surface area contributed by atoms with Gasteiger partial charge in [0, 0.05) is 51.2 Å². The number of carbonyl (C=O) groups excluding carboxylic acids is 2. The molecule has 8 heteroatoms. The van der Waals surface area contributed by atoms with Crippen molar-refractivity contribution in [1.29, 1.82) is 0 Å². The Bertz CT molecular complexity index is 897. The molecule has 0 unspecified atom stereocenters. The molecule has 5 rings (SSSR count). The molecule has 4 aliphatic rings. The SMILES string of the molecule is CO[C@]1(C)CCC[C@]2(C)C[C@H]3OC(=O)[C@H](CN4CCN(C(=O)c5ccco5)CC4)[C@@H]3C[C@@]21O. The molecule has 8 nitrogen and oxygen atoms in total. The van der Waals surface area contributed by atoms with E-state index in [-0.39, 0.29) is 35.2 Å². The highest BCUT2D eigenvalue weighted by Gasteiger charge is 2.67. The second kappa shape index (κ2) is 8.10. The van der Waals surface area contributed by atoms with Crippen molar-refractivity contribution in [2.45, 2.75) is 63.3 Å². The highest BCUT2D eigenvalue weighted by atomic mass is 16.6. The topological polar surface area (TPSA) is 92.5 Å². The van der Waals surface area contributed by atoms with Crippen molar-refractivity contribution < 1.29 is 28.6 Å². The number of nitrogens with zero attached hydrogens (tertiary/aromatic N) is 2. The number of esters is 1. The minimum atomic E-state index is -0.992. The Kier molecular flexibility index (Phi) is 5.61. The first-order valence-corrected chi connectivity index (χ1v) is 12.2. The van der Waals surface area contributed by atoms with E-state index in [0.717, 1.165) is 19.3 Å². The molecule has 0 radical (unpaired) electrons. The van der Waals surface area contributed by atoms with Crippen molar-refractivity contribution in [3.8, 4) is 0 Å². The molecule has 2 aliphatic carbocycles. The molecule has 3 heterocycles. The van der Waals surface area contributed by atoms with Gasteiger partial charge in [0.15, 0.2) is 5.76 Å². The number of ether oxygens (including phenoxy) is 2. The maximum atomic E-state index is 12.9. The molecular weight excluding hydrogens is 424 g/mol. The fourth-order valence-corrected chi connectivity index (χ4v) is 7.06. The van der Waals surface area contributed by atoms with E-state index in [1.165, 1.54) is 6.26 Å². The number of carbonyl (C=O) groups is 2. The molecule has 6 atom stereocenters. The van der Waals surface area contributed by atoms with Crippen LogP contribution in [0.5, 0.6) is 0 Å². The van der Waals surface area contributed by atoms with Crippen molar-refractivity contribution in [3.63, 3.8) is 0 Å². The van der Waals surface area contributed by atoms with Gasteiger partial charge in [-0.2, -0.15) is 0 Å². The van der Waals surface area contributed by atoms with Crippen LogP contribution in [0.3, 0.4) is 0 Å². The van der Waals surface area contributed by atoms with E-state index in [4.69, 9.17) is 13.9 Å². The molecule has 1 aromatic heterocycles. The van der Waals surface area contributed by atoms with Crippen molar-refractivity contribution in [1.82, 2.24) is 9.80 Å². The summed E-state index contributed by atoms with van der Waals surface area (Å²) in [6, 6.07) is 3.40. The molecule has 33 heavy (non-hydrogen) atoms. The number of hydrogen-bond donors (Lipinski definition) is 1. The lowest BCUT2D eigenvalue weighted by Crippen LogP contribution is -2.69. The largest absolute Gasteiger partial charge is 0.462 e. The van der Waals surface area contributed by atoms with E-state index in [1.807, 2.05) is 6.92 Å². The number of fused-ring (bicyclic) bond motifs is 2. The number of furan rings is 1. The van der Waals surface area contributed by atoms with Crippen LogP contribution in [0.15, 0.2) is 22.8 Å². The molecule has 4 fully saturated rings. The third-order valence-corrected chi connectivity index (χ3v) is 9.30. The first kappa shape index (κ1) is 22.9. The number of aliphatic hydroxyl groups is 1. The van der Waals surface area contributed by atoms with Gasteiger partial charge in [0.05, 0.1) is 23.4 Å². The molecule has 2 saturated heterocycles. The van der Waals surface area contributed by atoms with Crippen molar-refractivity contribution in [3.05, 3.63) is 24.2 Å². The molecule has 2 aliphatic heterocycles. The predicted molar refractivity (Wildman–Crippen MR) is 119 cm³/mol. The van der Waals surface area contributed by atoms with Crippen LogP contribution in [0.25, 0.3) is 0 Å². The second-order valence-corrected chi connectivity index (χ2v) is 10.9. The second-order valence-electron chi connectivity index (χ2n) is 10.9. The smallest absolute Gasteiger partial charge is 0.310 e. The minimum Gasteiger partial charge on any atom is -0.462 e. The lowest BCUT2D eigenvalue weighted by atomic mass is 9.49. The first-order chi connectivity index (χ1) is 15.7. The average molecular weight is 461 g/mol. The van der Waals surface area contributed by atoms with Gasteiger partial charge in [-0.25, -0.2) is 0 Å². The molecule has 1 amide bonds. The van der Waals surface area contributed by atoms with Crippen LogP contribution >= 0.6 is 0 Å². The number of amides is 1. The van der Waals surface area contributed by atoms with Gasteiger partial charge in [0.25, 0.3) is 5.91 Å². The molecule has 2 saturated carbocycles. The Morgan fingerprint density at radius 3 is 2.64 bits per heavy atom. The van der Waals surface area contributed by atoms with Gasteiger partial charge in [-0.05, 0) is 51.2 Å². The maximum Gasteiger partial charge on any atom is 0.310 e. The normalized spacial score (nSPS) is 41.4. The van der Waals surface area contributed by atoms with E-state index < -0.39 is 11.2 Å². The zero-order valence-electron chi connectivity index (χ0n) is 19.9. The predicted octanol–water partition coefficient (Wildman–Crippen LogP) is 2.32. The van der Waals surface area contributed by atoms with E-state index in [2.05, 4.69) is 11.8 Å². The monoisotopic (exact) mass is 460 g/mol. The number of methoxy groups -OCH3 is 1. The van der Waals surface area contributed by atoms with Crippen LogP contribution in [-0.4, -0.2) is 83.9 Å². The zero-order chi connectivity index (χ0) is 23.4. The van der Waals surface area contributed by atoms with Crippen LogP contribution in [-0.2, 0) is 14.3 Å². The van der Waals surface area contributed by atoms with Crippen LogP contribution < -0.4 is 0 Å². The van der Waals surface area contributed by atoms with Crippen LogP contribution in [0.2, 0.25) is 0 Å². The zero-order valence-corrected chi connectivity index (χ0v) is 19.9. The van der Waals surface area contributed by atoms with Gasteiger partial charge in [0.1, 0.15) is 6.10 Å². The number of rotatable bonds is 4. The summed E-state index contributed by atoms with van der Waals surface area (Å²) < 4.78 is 17.0. The molecule has 0 spiro atoms. The molecule has 1 aromatic rings. The number of piperazine rings is 1. The lowest BCUT2D eigenvalue weighted by Gasteiger charge is -2.62. The minimum absolute atomic E-state index is 0.0223. The number of hydrogen-bond acceptors (Lipinski definition) is 7. The van der Waals surface area contributed by atoms with Gasteiger partial charge < -0.3 is 23.9 Å². The average Bonchev–Trinajstić information content (AvgIpc) is 3.42. The van der Waals surface area contributed by atoms with Gasteiger partial charge in [-0.15, -0.1) is 0 Å². The molecule has 0 bridgehead atoms. The summed E-state index contributed by atoms with van der Waals surface area (Å²) in [6.45, 7) is 7.34. The third kappa shape index (κ3) is 3.53. The molecule has 1 N–H and O–H groups in total. The lowest BCUT2D eigenvalue weighted by molar-refractivity contribution is -0.270. The summed E-state index contributed by atoms with van der Waals surface area (Å²) in [4.78, 5) is 29.5. The van der Waals surface area contributed by atoms with Gasteiger partial charge in [-0.1, -0.05) is 6.92 Å². The van der Waals surface area contributed by atoms with E-state index in [1.54, 1.807) is 24.1 Å². The highest BCUT2D eigenvalue weighted by Crippen LogP contribution is 2.61. The maximum absolute atomic E-state index is 12.9. The van der Waals surface area contributed by atoms with Gasteiger partial charge >= 0.3 is 5.97 Å².